The van der Waals surface area contributed by atoms with Crippen molar-refractivity contribution in [2.45, 2.75) is 18.4 Å². The van der Waals surface area contributed by atoms with Crippen molar-refractivity contribution >= 4 is 15.9 Å². The highest BCUT2D eigenvalue weighted by atomic mass is 32.2. The molecule has 0 fully saturated rings. The van der Waals surface area contributed by atoms with Crippen LogP contribution in [0.25, 0.3) is 11.4 Å². The molecule has 3 rings (SSSR count). The molecule has 0 unspecified atom stereocenters. The molecule has 8 nitrogen and oxygen atoms in total. The third-order valence-electron chi connectivity index (χ3n) is 4.23. The summed E-state index contributed by atoms with van der Waals surface area (Å²) < 4.78 is 31.4. The number of benzene rings is 2. The predicted molar refractivity (Wildman–Crippen MR) is 103 cm³/mol. The van der Waals surface area contributed by atoms with Crippen molar-refractivity contribution in [3.05, 3.63) is 65.5 Å². The van der Waals surface area contributed by atoms with Gasteiger partial charge in [-0.3, -0.25) is 4.79 Å². The van der Waals surface area contributed by atoms with Gasteiger partial charge in [-0.05, 0) is 37.7 Å². The average Bonchev–Trinajstić information content (AvgIpc) is 3.16. The zero-order valence-electron chi connectivity index (χ0n) is 15.7. The molecule has 1 heterocycles. The van der Waals surface area contributed by atoms with Gasteiger partial charge < -0.3 is 9.42 Å². The first-order valence-corrected chi connectivity index (χ1v) is 9.98. The molecule has 1 N–H and O–H groups in total. The van der Waals surface area contributed by atoms with E-state index in [1.54, 1.807) is 13.1 Å². The van der Waals surface area contributed by atoms with Gasteiger partial charge in [0.15, 0.2) is 0 Å². The quantitative estimate of drug-likeness (QED) is 0.680. The van der Waals surface area contributed by atoms with E-state index >= 15 is 0 Å². The number of aryl methyl sites for hydroxylation is 1. The molecule has 0 saturated carbocycles. The summed E-state index contributed by atoms with van der Waals surface area (Å²) in [5.74, 6) is 0.382. The summed E-state index contributed by atoms with van der Waals surface area (Å²) >= 11 is 0. The molecule has 0 aliphatic carbocycles. The first kappa shape index (κ1) is 19.7. The molecule has 0 aliphatic heterocycles. The van der Waals surface area contributed by atoms with E-state index in [1.807, 2.05) is 31.2 Å². The van der Waals surface area contributed by atoms with Crippen LogP contribution in [-0.4, -0.2) is 43.5 Å². The molecule has 2 aromatic carbocycles. The maximum Gasteiger partial charge on any atom is 0.254 e. The van der Waals surface area contributed by atoms with Crippen LogP contribution in [0.5, 0.6) is 0 Å². The van der Waals surface area contributed by atoms with Crippen molar-refractivity contribution in [3.63, 3.8) is 0 Å². The third-order valence-corrected chi connectivity index (χ3v) is 5.65. The number of hydrogen-bond donors (Lipinski definition) is 1. The van der Waals surface area contributed by atoms with Crippen LogP contribution in [0.1, 0.15) is 21.8 Å². The van der Waals surface area contributed by atoms with E-state index in [0.717, 1.165) is 11.1 Å². The standard InChI is InChI=1S/C19H20N4O4S/c1-13-7-4-5-10-16(13)18-21-17(27-22-18)12-23(3)19(24)14-8-6-9-15(11-14)28(25,26)20-2/h4-11,20H,12H2,1-3H3. The Labute approximate surface area is 163 Å². The average molecular weight is 400 g/mol. The second kappa shape index (κ2) is 7.91. The zero-order valence-corrected chi connectivity index (χ0v) is 16.5. The van der Waals surface area contributed by atoms with E-state index in [4.69, 9.17) is 4.52 Å². The first-order chi connectivity index (χ1) is 13.3. The minimum absolute atomic E-state index is 0.0221. The SMILES string of the molecule is CNS(=O)(=O)c1cccc(C(=O)N(C)Cc2nc(-c3ccccc3C)no2)c1. The van der Waals surface area contributed by atoms with Crippen LogP contribution in [0.3, 0.4) is 0 Å². The lowest BCUT2D eigenvalue weighted by atomic mass is 10.1. The molecule has 1 amide bonds. The zero-order chi connectivity index (χ0) is 20.3. The van der Waals surface area contributed by atoms with Crippen LogP contribution in [0.15, 0.2) is 57.9 Å². The Morgan fingerprint density at radius 2 is 1.93 bits per heavy atom. The number of nitrogens with one attached hydrogen (secondary N) is 1. The Hall–Kier alpha value is -3.04. The monoisotopic (exact) mass is 400 g/mol. The molecule has 28 heavy (non-hydrogen) atoms. The fourth-order valence-corrected chi connectivity index (χ4v) is 3.44. The molecule has 0 saturated heterocycles. The van der Waals surface area contributed by atoms with E-state index in [9.17, 15) is 13.2 Å². The maximum absolute atomic E-state index is 12.7. The highest BCUT2D eigenvalue weighted by molar-refractivity contribution is 7.89. The van der Waals surface area contributed by atoms with E-state index < -0.39 is 10.0 Å². The molecule has 146 valence electrons. The summed E-state index contributed by atoms with van der Waals surface area (Å²) in [6.45, 7) is 2.05. The molecule has 0 aliphatic rings. The van der Waals surface area contributed by atoms with Crippen molar-refractivity contribution in [2.24, 2.45) is 0 Å². The second-order valence-corrected chi connectivity index (χ2v) is 8.11. The lowest BCUT2D eigenvalue weighted by molar-refractivity contribution is 0.0769. The van der Waals surface area contributed by atoms with Crippen LogP contribution < -0.4 is 4.72 Å². The summed E-state index contributed by atoms with van der Waals surface area (Å²) in [5.41, 5.74) is 2.12. The molecular weight excluding hydrogens is 380 g/mol. The van der Waals surface area contributed by atoms with Crippen molar-refractivity contribution in [1.82, 2.24) is 19.8 Å². The fourth-order valence-electron chi connectivity index (χ4n) is 2.66. The van der Waals surface area contributed by atoms with Crippen molar-refractivity contribution < 1.29 is 17.7 Å². The molecular formula is C19H20N4O4S. The van der Waals surface area contributed by atoms with Crippen molar-refractivity contribution in [3.8, 4) is 11.4 Å². The van der Waals surface area contributed by atoms with Gasteiger partial charge in [0.25, 0.3) is 5.91 Å². The van der Waals surface area contributed by atoms with E-state index in [2.05, 4.69) is 14.9 Å². The number of nitrogens with zero attached hydrogens (tertiary/aromatic N) is 3. The smallest absolute Gasteiger partial charge is 0.254 e. The summed E-state index contributed by atoms with van der Waals surface area (Å²) in [6.07, 6.45) is 0. The summed E-state index contributed by atoms with van der Waals surface area (Å²) in [5, 5.41) is 3.98. The molecule has 0 radical (unpaired) electrons. The third kappa shape index (κ3) is 4.10. The number of hydrogen-bond acceptors (Lipinski definition) is 6. The van der Waals surface area contributed by atoms with Gasteiger partial charge in [0, 0.05) is 18.2 Å². The van der Waals surface area contributed by atoms with E-state index in [0.29, 0.717) is 5.82 Å². The molecule has 0 spiro atoms. The molecule has 0 bridgehead atoms. The minimum atomic E-state index is -3.63. The number of amides is 1. The van der Waals surface area contributed by atoms with Crippen LogP contribution in [0, 0.1) is 6.92 Å². The van der Waals surface area contributed by atoms with Gasteiger partial charge in [0.05, 0.1) is 11.4 Å². The summed E-state index contributed by atoms with van der Waals surface area (Å²) in [7, 11) is -0.732. The minimum Gasteiger partial charge on any atom is -0.337 e. The van der Waals surface area contributed by atoms with Gasteiger partial charge in [-0.15, -0.1) is 0 Å². The lowest BCUT2D eigenvalue weighted by Gasteiger charge is -2.15. The molecule has 3 aromatic rings. The fraction of sp³-hybridized carbons (Fsp3) is 0.211. The predicted octanol–water partition coefficient (Wildman–Crippen LogP) is 2.23. The number of carbonyl (C=O) groups is 1. The molecule has 1 aromatic heterocycles. The van der Waals surface area contributed by atoms with Gasteiger partial charge in [0.2, 0.25) is 21.7 Å². The number of aromatic nitrogens is 2. The highest BCUT2D eigenvalue weighted by Gasteiger charge is 2.19. The van der Waals surface area contributed by atoms with Gasteiger partial charge in [0.1, 0.15) is 0 Å². The van der Waals surface area contributed by atoms with Gasteiger partial charge in [-0.1, -0.05) is 35.5 Å². The van der Waals surface area contributed by atoms with Crippen molar-refractivity contribution in [2.75, 3.05) is 14.1 Å². The molecule has 9 heteroatoms. The Morgan fingerprint density at radius 3 is 2.64 bits per heavy atom. The van der Waals surface area contributed by atoms with Crippen LogP contribution >= 0.6 is 0 Å². The Morgan fingerprint density at radius 1 is 1.18 bits per heavy atom. The Bertz CT molecular complexity index is 1110. The second-order valence-electron chi connectivity index (χ2n) is 6.22. The first-order valence-electron chi connectivity index (χ1n) is 8.49. The number of rotatable bonds is 6. The van der Waals surface area contributed by atoms with Crippen LogP contribution in [-0.2, 0) is 16.6 Å². The normalized spacial score (nSPS) is 11.4. The summed E-state index contributed by atoms with van der Waals surface area (Å²) in [4.78, 5) is 18.4. The molecule has 0 atom stereocenters. The van der Waals surface area contributed by atoms with Gasteiger partial charge in [-0.2, -0.15) is 4.98 Å². The topological polar surface area (TPSA) is 105 Å². The van der Waals surface area contributed by atoms with Gasteiger partial charge >= 0.3 is 0 Å². The van der Waals surface area contributed by atoms with Crippen LogP contribution in [0.2, 0.25) is 0 Å². The maximum atomic E-state index is 12.7. The Kier molecular flexibility index (Phi) is 5.57. The van der Waals surface area contributed by atoms with Crippen LogP contribution in [0.4, 0.5) is 0 Å². The highest BCUT2D eigenvalue weighted by Crippen LogP contribution is 2.20. The van der Waals surface area contributed by atoms with Gasteiger partial charge in [-0.25, -0.2) is 13.1 Å². The number of carbonyl (C=O) groups excluding carboxylic acids is 1. The van der Waals surface area contributed by atoms with Crippen molar-refractivity contribution in [1.29, 1.82) is 0 Å². The number of sulfonamides is 1. The van der Waals surface area contributed by atoms with E-state index in [1.165, 1.54) is 30.1 Å². The Balaban J connectivity index is 1.77. The largest absolute Gasteiger partial charge is 0.337 e. The lowest BCUT2D eigenvalue weighted by Crippen LogP contribution is -2.27. The summed E-state index contributed by atoms with van der Waals surface area (Å²) in [6, 6.07) is 13.5. The van der Waals surface area contributed by atoms with E-state index in [-0.39, 0.29) is 28.8 Å².